The van der Waals surface area contributed by atoms with E-state index in [2.05, 4.69) is 34.1 Å². The van der Waals surface area contributed by atoms with Gasteiger partial charge in [-0.1, -0.05) is 28.1 Å². The first-order valence-corrected chi connectivity index (χ1v) is 15.8. The van der Waals surface area contributed by atoms with Crippen LogP contribution in [0.25, 0.3) is 0 Å². The molecule has 0 aromatic heterocycles. The average molecular weight is 689 g/mol. The van der Waals surface area contributed by atoms with Crippen LogP contribution in [-0.4, -0.2) is 63.6 Å². The van der Waals surface area contributed by atoms with Crippen molar-refractivity contribution in [3.63, 3.8) is 0 Å². The molecule has 1 fully saturated rings. The number of carbonyl (C=O) groups is 1. The summed E-state index contributed by atoms with van der Waals surface area (Å²) < 4.78 is 36.0. The van der Waals surface area contributed by atoms with Crippen molar-refractivity contribution >= 4 is 33.6 Å². The van der Waals surface area contributed by atoms with Gasteiger partial charge in [0.05, 0.1) is 47.8 Å². The van der Waals surface area contributed by atoms with Crippen LogP contribution in [0.1, 0.15) is 42.1 Å². The number of benzene rings is 3. The molecule has 2 unspecified atom stereocenters. The topological polar surface area (TPSA) is 95.9 Å². The number of halogens is 1. The van der Waals surface area contributed by atoms with Crippen LogP contribution >= 0.6 is 27.7 Å². The number of allylic oxidation sites excluding steroid dienone is 1. The fourth-order valence-corrected chi connectivity index (χ4v) is 5.98. The highest BCUT2D eigenvalue weighted by Gasteiger charge is 2.31. The van der Waals surface area contributed by atoms with E-state index in [0.29, 0.717) is 53.4 Å². The Morgan fingerprint density at radius 3 is 2.23 bits per heavy atom. The fraction of sp³-hybridized carbons (Fsp3) is 0.364. The van der Waals surface area contributed by atoms with Crippen LogP contribution in [0, 0.1) is 0 Å². The Balaban J connectivity index is 1.56. The molecule has 1 saturated heterocycles. The van der Waals surface area contributed by atoms with E-state index in [-0.39, 0.29) is 12.0 Å². The Morgan fingerprint density at radius 2 is 1.61 bits per heavy atom. The zero-order chi connectivity index (χ0) is 31.6. The van der Waals surface area contributed by atoms with Crippen LogP contribution in [0.3, 0.4) is 0 Å². The number of hydroxylamine groups is 2. The third-order valence-corrected chi connectivity index (χ3v) is 8.73. The first-order valence-electron chi connectivity index (χ1n) is 14.1. The second-order valence-corrected chi connectivity index (χ2v) is 12.1. The number of nitrogens with zero attached hydrogens (tertiary/aromatic N) is 1. The predicted octanol–water partition coefficient (Wildman–Crippen LogP) is 7.19. The third-order valence-electron chi connectivity index (χ3n) is 7.22. The van der Waals surface area contributed by atoms with Crippen LogP contribution in [0.4, 0.5) is 0 Å². The van der Waals surface area contributed by atoms with Crippen molar-refractivity contribution in [3.8, 4) is 28.7 Å². The van der Waals surface area contributed by atoms with Gasteiger partial charge < -0.3 is 28.4 Å². The molecule has 0 saturated carbocycles. The molecule has 1 heterocycles. The van der Waals surface area contributed by atoms with Crippen molar-refractivity contribution in [1.29, 1.82) is 0 Å². The number of thioether (sulfide) groups is 1. The van der Waals surface area contributed by atoms with Crippen molar-refractivity contribution in [3.05, 3.63) is 82.0 Å². The maximum Gasteiger partial charge on any atom is 0.246 e. The smallest absolute Gasteiger partial charge is 0.246 e. The number of carbonyl (C=O) groups excluding carboxylic acids is 1. The molecule has 3 aromatic carbocycles. The number of ether oxygens (including phenoxy) is 6. The van der Waals surface area contributed by atoms with Gasteiger partial charge in [-0.2, -0.15) is 5.06 Å². The maximum absolute atomic E-state index is 11.5. The van der Waals surface area contributed by atoms with Gasteiger partial charge in [-0.05, 0) is 66.4 Å². The highest BCUT2D eigenvalue weighted by atomic mass is 79.9. The Labute approximate surface area is 271 Å². The summed E-state index contributed by atoms with van der Waals surface area (Å²) in [6.07, 6.45) is 4.03. The summed E-state index contributed by atoms with van der Waals surface area (Å²) in [5, 5.41) is 10.4. The summed E-state index contributed by atoms with van der Waals surface area (Å²) >= 11 is 5.17. The van der Waals surface area contributed by atoms with Crippen LogP contribution in [0.5, 0.6) is 28.7 Å². The van der Waals surface area contributed by atoms with Crippen molar-refractivity contribution in [1.82, 2.24) is 5.06 Å². The summed E-state index contributed by atoms with van der Waals surface area (Å²) in [4.78, 5) is 12.6. The summed E-state index contributed by atoms with van der Waals surface area (Å²) in [6.45, 7) is 2.26. The minimum Gasteiger partial charge on any atom is -0.493 e. The normalized spacial score (nSPS) is 16.2. The zero-order valence-corrected chi connectivity index (χ0v) is 27.9. The van der Waals surface area contributed by atoms with Crippen LogP contribution < -0.4 is 23.7 Å². The van der Waals surface area contributed by atoms with Gasteiger partial charge in [0, 0.05) is 39.7 Å². The van der Waals surface area contributed by atoms with E-state index in [1.54, 1.807) is 46.3 Å². The van der Waals surface area contributed by atoms with Crippen molar-refractivity contribution in [2.24, 2.45) is 0 Å². The zero-order valence-electron chi connectivity index (χ0n) is 25.5. The van der Waals surface area contributed by atoms with E-state index in [0.717, 1.165) is 38.2 Å². The second kappa shape index (κ2) is 16.1. The molecule has 236 valence electrons. The molecule has 9 nitrogen and oxygen atoms in total. The largest absolute Gasteiger partial charge is 0.493 e. The van der Waals surface area contributed by atoms with E-state index in [4.69, 9.17) is 28.4 Å². The number of amides is 1. The van der Waals surface area contributed by atoms with E-state index in [1.165, 1.54) is 13.1 Å². The standard InChI is InChI=1S/C33H38BrNO8S/c1-21(36)35(37)12-6-7-22-15-23(16-29(38-2)32(22)42-13-14-44-27-10-8-26(34)9-11-27)25-19-28(43-20-25)24-17-30(39-3)33(41-5)31(18-24)40-4/h6,8-12,15-18,25,28,37H,7,13-14,19-20H2,1-5H3/b12-6+. The molecule has 3 aromatic rings. The van der Waals surface area contributed by atoms with Gasteiger partial charge in [-0.3, -0.25) is 10.0 Å². The minimum atomic E-state index is -0.477. The summed E-state index contributed by atoms with van der Waals surface area (Å²) in [6, 6.07) is 16.1. The lowest BCUT2D eigenvalue weighted by molar-refractivity contribution is -0.151. The monoisotopic (exact) mass is 687 g/mol. The number of hydrogen-bond acceptors (Lipinski definition) is 9. The maximum atomic E-state index is 11.5. The molecule has 2 atom stereocenters. The molecule has 1 aliphatic heterocycles. The number of rotatable bonds is 14. The molecule has 44 heavy (non-hydrogen) atoms. The van der Waals surface area contributed by atoms with E-state index < -0.39 is 5.91 Å². The Bertz CT molecular complexity index is 1420. The number of methoxy groups -OCH3 is 4. The molecule has 4 rings (SSSR count). The number of hydrogen-bond donors (Lipinski definition) is 1. The Hall–Kier alpha value is -3.38. The third kappa shape index (κ3) is 8.41. The van der Waals surface area contributed by atoms with Crippen LogP contribution in [-0.2, 0) is 16.0 Å². The molecule has 0 aliphatic carbocycles. The molecule has 0 bridgehead atoms. The Morgan fingerprint density at radius 1 is 0.977 bits per heavy atom. The molecule has 0 radical (unpaired) electrons. The Kier molecular flexibility index (Phi) is 12.2. The van der Waals surface area contributed by atoms with E-state index >= 15 is 0 Å². The van der Waals surface area contributed by atoms with Crippen LogP contribution in [0.2, 0.25) is 0 Å². The van der Waals surface area contributed by atoms with E-state index in [9.17, 15) is 10.0 Å². The minimum absolute atomic E-state index is 0.0873. The molecular formula is C33H38BrNO8S. The summed E-state index contributed by atoms with van der Waals surface area (Å²) in [5.74, 6) is 3.28. The highest BCUT2D eigenvalue weighted by molar-refractivity contribution is 9.10. The second-order valence-electron chi connectivity index (χ2n) is 10.0. The van der Waals surface area contributed by atoms with Gasteiger partial charge in [-0.25, -0.2) is 0 Å². The van der Waals surface area contributed by atoms with Gasteiger partial charge in [0.2, 0.25) is 11.7 Å². The lowest BCUT2D eigenvalue weighted by Gasteiger charge is -2.19. The van der Waals surface area contributed by atoms with Crippen molar-refractivity contribution in [2.45, 2.75) is 36.7 Å². The SMILES string of the molecule is COc1cc(C2COC(c3cc(OC)c(OC)c(OC)c3)C2)cc(C/C=C/N(O)C(C)=O)c1OCCSc1ccc(Br)cc1. The van der Waals surface area contributed by atoms with Gasteiger partial charge in [0.1, 0.15) is 0 Å². The summed E-state index contributed by atoms with van der Waals surface area (Å²) in [5.41, 5.74) is 2.86. The first-order chi connectivity index (χ1) is 21.3. The molecule has 1 N–H and O–H groups in total. The molecular weight excluding hydrogens is 650 g/mol. The van der Waals surface area contributed by atoms with Gasteiger partial charge in [0.25, 0.3) is 0 Å². The first kappa shape index (κ1) is 33.5. The highest BCUT2D eigenvalue weighted by Crippen LogP contribution is 2.46. The lowest BCUT2D eigenvalue weighted by atomic mass is 9.91. The van der Waals surface area contributed by atoms with Crippen LogP contribution in [0.15, 0.2) is 70.2 Å². The molecule has 11 heteroatoms. The van der Waals surface area contributed by atoms with Gasteiger partial charge in [-0.15, -0.1) is 11.8 Å². The average Bonchev–Trinajstić information content (AvgIpc) is 3.53. The molecule has 1 amide bonds. The summed E-state index contributed by atoms with van der Waals surface area (Å²) in [7, 11) is 6.39. The van der Waals surface area contributed by atoms with Crippen molar-refractivity contribution < 1.29 is 38.4 Å². The quantitative estimate of drug-likeness (QED) is 0.0817. The fourth-order valence-electron chi connectivity index (χ4n) is 4.98. The predicted molar refractivity (Wildman–Crippen MR) is 173 cm³/mol. The van der Waals surface area contributed by atoms with E-state index in [1.807, 2.05) is 30.3 Å². The van der Waals surface area contributed by atoms with Gasteiger partial charge in [0.15, 0.2) is 23.0 Å². The lowest BCUT2D eigenvalue weighted by Crippen LogP contribution is -2.17. The molecule has 0 spiro atoms. The van der Waals surface area contributed by atoms with Gasteiger partial charge >= 0.3 is 0 Å². The van der Waals surface area contributed by atoms with Crippen molar-refractivity contribution in [2.75, 3.05) is 47.4 Å². The molecule has 1 aliphatic rings.